The fourth-order valence-corrected chi connectivity index (χ4v) is 2.82. The third-order valence-corrected chi connectivity index (χ3v) is 4.73. The molecule has 5 heteroatoms. The molecule has 0 bridgehead atoms. The number of hydrogen-bond acceptors (Lipinski definition) is 2. The van der Waals surface area contributed by atoms with Gasteiger partial charge >= 0.3 is 0 Å². The van der Waals surface area contributed by atoms with Crippen LogP contribution in [0.1, 0.15) is 42.5 Å². The molecule has 0 aromatic heterocycles. The van der Waals surface area contributed by atoms with Gasteiger partial charge in [-0.1, -0.05) is 18.0 Å². The van der Waals surface area contributed by atoms with E-state index in [4.69, 9.17) is 11.6 Å². The maximum absolute atomic E-state index is 13.9. The van der Waals surface area contributed by atoms with Crippen LogP contribution in [-0.2, 0) is 0 Å². The van der Waals surface area contributed by atoms with Crippen LogP contribution in [0.25, 0.3) is 0 Å². The predicted molar refractivity (Wildman–Crippen MR) is 78.3 cm³/mol. The van der Waals surface area contributed by atoms with Gasteiger partial charge in [-0.15, -0.1) is 0 Å². The minimum Gasteiger partial charge on any atom is -0.314 e. The molecule has 1 saturated heterocycles. The number of benzene rings is 1. The number of carbonyl (C=O) groups excluding carboxylic acids is 1. The minimum atomic E-state index is -0.627. The quantitative estimate of drug-likeness (QED) is 0.647. The molecule has 1 aliphatic heterocycles. The molecule has 0 spiro atoms. The zero-order valence-corrected chi connectivity index (χ0v) is 12.9. The predicted octanol–water partition coefficient (Wildman–Crippen LogP) is 4.35. The second-order valence-electron chi connectivity index (χ2n) is 4.83. The van der Waals surface area contributed by atoms with Crippen molar-refractivity contribution in [3.63, 3.8) is 0 Å². The van der Waals surface area contributed by atoms with Gasteiger partial charge in [0.25, 0.3) is 0 Å². The molecule has 1 unspecified atom stereocenters. The van der Waals surface area contributed by atoms with E-state index in [1.165, 1.54) is 18.9 Å². The molecule has 0 amide bonds. The molecule has 2 rings (SSSR count). The van der Waals surface area contributed by atoms with E-state index in [9.17, 15) is 9.18 Å². The largest absolute Gasteiger partial charge is 0.314 e. The number of Topliss-reactive ketones (excluding diaryl/α,β-unsaturated/α-hetero) is 1. The normalized spacial score (nSPS) is 19.4. The van der Waals surface area contributed by atoms with E-state index in [2.05, 4.69) is 21.2 Å². The molecule has 1 atom stereocenters. The first-order chi connectivity index (χ1) is 9.09. The average Bonchev–Trinajstić information content (AvgIpc) is 2.43. The van der Waals surface area contributed by atoms with Crippen LogP contribution in [0.15, 0.2) is 16.6 Å². The highest BCUT2D eigenvalue weighted by Crippen LogP contribution is 2.28. The second kappa shape index (κ2) is 6.82. The van der Waals surface area contributed by atoms with E-state index >= 15 is 0 Å². The van der Waals surface area contributed by atoms with Crippen LogP contribution in [0.4, 0.5) is 4.39 Å². The van der Waals surface area contributed by atoms with Gasteiger partial charge in [-0.05, 0) is 53.9 Å². The van der Waals surface area contributed by atoms with Crippen molar-refractivity contribution in [3.8, 4) is 0 Å². The highest BCUT2D eigenvalue weighted by molar-refractivity contribution is 9.10. The van der Waals surface area contributed by atoms with E-state index < -0.39 is 5.82 Å². The Labute approximate surface area is 125 Å². The lowest BCUT2D eigenvalue weighted by Gasteiger charge is -2.23. The topological polar surface area (TPSA) is 29.1 Å². The summed E-state index contributed by atoms with van der Waals surface area (Å²) in [5, 5.41) is 3.36. The molecule has 1 fully saturated rings. The van der Waals surface area contributed by atoms with Crippen molar-refractivity contribution >= 4 is 33.3 Å². The Morgan fingerprint density at radius 1 is 1.47 bits per heavy atom. The summed E-state index contributed by atoms with van der Waals surface area (Å²) in [6.45, 7) is 1.01. The number of ketones is 1. The van der Waals surface area contributed by atoms with Crippen molar-refractivity contribution in [3.05, 3.63) is 33.0 Å². The molecule has 0 radical (unpaired) electrons. The summed E-state index contributed by atoms with van der Waals surface area (Å²) < 4.78 is 14.3. The number of halogens is 3. The zero-order chi connectivity index (χ0) is 13.8. The summed E-state index contributed by atoms with van der Waals surface area (Å²) >= 11 is 8.93. The average molecular weight is 349 g/mol. The van der Waals surface area contributed by atoms with Crippen molar-refractivity contribution in [1.82, 2.24) is 5.32 Å². The molecular formula is C14H16BrClFNO. The lowest BCUT2D eigenvalue weighted by molar-refractivity contribution is 0.0970. The van der Waals surface area contributed by atoms with E-state index in [1.54, 1.807) is 6.07 Å². The van der Waals surface area contributed by atoms with E-state index in [-0.39, 0.29) is 16.4 Å². The monoisotopic (exact) mass is 347 g/mol. The standard InChI is InChI=1S/C14H16BrClFNO/c15-11-6-5-10(14(17)13(11)16)12(19)7-4-9-3-1-2-8-18-9/h5-6,9,18H,1-4,7-8H2. The van der Waals surface area contributed by atoms with E-state index in [0.717, 1.165) is 19.4 Å². The van der Waals surface area contributed by atoms with Crippen LogP contribution >= 0.6 is 27.5 Å². The number of nitrogens with one attached hydrogen (secondary N) is 1. The molecule has 0 aliphatic carbocycles. The fraction of sp³-hybridized carbons (Fsp3) is 0.500. The Morgan fingerprint density at radius 3 is 2.95 bits per heavy atom. The summed E-state index contributed by atoms with van der Waals surface area (Å²) in [7, 11) is 0. The van der Waals surface area contributed by atoms with Gasteiger partial charge in [0.2, 0.25) is 0 Å². The molecule has 104 valence electrons. The highest BCUT2D eigenvalue weighted by atomic mass is 79.9. The van der Waals surface area contributed by atoms with Crippen LogP contribution in [-0.4, -0.2) is 18.4 Å². The molecule has 1 aromatic rings. The summed E-state index contributed by atoms with van der Waals surface area (Å²) in [6.07, 6.45) is 4.60. The van der Waals surface area contributed by atoms with Crippen molar-refractivity contribution in [2.45, 2.75) is 38.1 Å². The molecule has 1 aromatic carbocycles. The van der Waals surface area contributed by atoms with Gasteiger partial charge in [-0.3, -0.25) is 4.79 Å². The fourth-order valence-electron chi connectivity index (χ4n) is 2.35. The third-order valence-electron chi connectivity index (χ3n) is 3.47. The number of carbonyl (C=O) groups is 1. The molecular weight excluding hydrogens is 333 g/mol. The molecule has 1 N–H and O–H groups in total. The van der Waals surface area contributed by atoms with Gasteiger partial charge in [0.15, 0.2) is 11.6 Å². The molecule has 19 heavy (non-hydrogen) atoms. The van der Waals surface area contributed by atoms with Gasteiger partial charge < -0.3 is 5.32 Å². The van der Waals surface area contributed by atoms with Gasteiger partial charge in [-0.25, -0.2) is 4.39 Å². The van der Waals surface area contributed by atoms with Gasteiger partial charge in [0.1, 0.15) is 0 Å². The maximum Gasteiger partial charge on any atom is 0.165 e. The smallest absolute Gasteiger partial charge is 0.165 e. The van der Waals surface area contributed by atoms with Crippen LogP contribution in [0.3, 0.4) is 0 Å². The summed E-state index contributed by atoms with van der Waals surface area (Å²) in [4.78, 5) is 12.0. The lowest BCUT2D eigenvalue weighted by atomic mass is 9.97. The summed E-state index contributed by atoms with van der Waals surface area (Å²) in [5.41, 5.74) is 0.0870. The number of hydrogen-bond donors (Lipinski definition) is 1. The second-order valence-corrected chi connectivity index (χ2v) is 6.06. The first-order valence-corrected chi connectivity index (χ1v) is 7.66. The van der Waals surface area contributed by atoms with Crippen molar-refractivity contribution in [2.75, 3.05) is 6.54 Å². The minimum absolute atomic E-state index is 0.0263. The Kier molecular flexibility index (Phi) is 5.37. The van der Waals surface area contributed by atoms with Gasteiger partial charge in [-0.2, -0.15) is 0 Å². The van der Waals surface area contributed by atoms with Crippen molar-refractivity contribution < 1.29 is 9.18 Å². The van der Waals surface area contributed by atoms with E-state index in [1.807, 2.05) is 0 Å². The Balaban J connectivity index is 1.98. The first-order valence-electron chi connectivity index (χ1n) is 6.49. The highest BCUT2D eigenvalue weighted by Gasteiger charge is 2.19. The van der Waals surface area contributed by atoms with Gasteiger partial charge in [0.05, 0.1) is 10.6 Å². The van der Waals surface area contributed by atoms with Crippen LogP contribution in [0.2, 0.25) is 5.02 Å². The number of piperidine rings is 1. The van der Waals surface area contributed by atoms with Crippen LogP contribution in [0.5, 0.6) is 0 Å². The first kappa shape index (κ1) is 14.9. The molecule has 1 aliphatic rings. The van der Waals surface area contributed by atoms with Crippen molar-refractivity contribution in [1.29, 1.82) is 0 Å². The molecule has 1 heterocycles. The summed E-state index contributed by atoms with van der Waals surface area (Å²) in [6, 6.07) is 3.48. The Hall–Kier alpha value is -0.450. The Morgan fingerprint density at radius 2 is 2.26 bits per heavy atom. The SMILES string of the molecule is O=C(CCC1CCCCN1)c1ccc(Br)c(Cl)c1F. The third kappa shape index (κ3) is 3.77. The molecule has 2 nitrogen and oxygen atoms in total. The number of rotatable bonds is 4. The zero-order valence-electron chi connectivity index (χ0n) is 10.5. The van der Waals surface area contributed by atoms with Gasteiger partial charge in [0, 0.05) is 16.9 Å². The lowest BCUT2D eigenvalue weighted by Crippen LogP contribution is -2.34. The van der Waals surface area contributed by atoms with E-state index in [0.29, 0.717) is 16.9 Å². The summed E-state index contributed by atoms with van der Waals surface area (Å²) in [5.74, 6) is -0.808. The van der Waals surface area contributed by atoms with Crippen molar-refractivity contribution in [2.24, 2.45) is 0 Å². The van der Waals surface area contributed by atoms with Crippen LogP contribution in [0, 0.1) is 5.82 Å². The van der Waals surface area contributed by atoms with Crippen LogP contribution < -0.4 is 5.32 Å². The molecule has 0 saturated carbocycles. The Bertz CT molecular complexity index is 475. The maximum atomic E-state index is 13.9.